The third kappa shape index (κ3) is 2.62. The quantitative estimate of drug-likeness (QED) is 0.724. The van der Waals surface area contributed by atoms with E-state index in [1.165, 1.54) is 18.4 Å². The number of fused-ring (bicyclic) bond motifs is 3. The lowest BCUT2D eigenvalue weighted by atomic mass is 9.96. The number of piperidine rings is 1. The molecule has 0 spiro atoms. The van der Waals surface area contributed by atoms with E-state index in [-0.39, 0.29) is 18.2 Å². The maximum Gasteiger partial charge on any atom is 0.244 e. The number of carbonyl (C=O) groups excluding carboxylic acids is 2. The molecule has 2 aromatic rings. The molecular weight excluding hydrogens is 338 g/mol. The van der Waals surface area contributed by atoms with Crippen LogP contribution in [0, 0.1) is 5.41 Å². The summed E-state index contributed by atoms with van der Waals surface area (Å²) < 4.78 is 1.81. The van der Waals surface area contributed by atoms with Crippen molar-refractivity contribution in [2.24, 2.45) is 5.41 Å². The number of nitrogens with zero attached hydrogens (tertiary/aromatic N) is 3. The molecule has 5 rings (SSSR count). The summed E-state index contributed by atoms with van der Waals surface area (Å²) >= 11 is 0. The van der Waals surface area contributed by atoms with Gasteiger partial charge in [-0.2, -0.15) is 5.10 Å². The zero-order valence-electron chi connectivity index (χ0n) is 16.2. The van der Waals surface area contributed by atoms with Gasteiger partial charge in [0.05, 0.1) is 5.52 Å². The van der Waals surface area contributed by atoms with Crippen molar-refractivity contribution in [3.8, 4) is 0 Å². The number of hydrogen-bond donors (Lipinski definition) is 0. The summed E-state index contributed by atoms with van der Waals surface area (Å²) in [7, 11) is 0. The summed E-state index contributed by atoms with van der Waals surface area (Å²) in [5.41, 5.74) is 3.01. The van der Waals surface area contributed by atoms with Crippen LogP contribution in [0.1, 0.15) is 68.4 Å². The van der Waals surface area contributed by atoms with Gasteiger partial charge < -0.3 is 4.90 Å². The van der Waals surface area contributed by atoms with E-state index >= 15 is 0 Å². The Morgan fingerprint density at radius 3 is 2.89 bits per heavy atom. The molecule has 0 radical (unpaired) electrons. The van der Waals surface area contributed by atoms with E-state index in [9.17, 15) is 9.59 Å². The highest BCUT2D eigenvalue weighted by Gasteiger charge is 2.62. The average molecular weight is 365 g/mol. The molecule has 1 amide bonds. The number of ketones is 1. The molecule has 3 heterocycles. The summed E-state index contributed by atoms with van der Waals surface area (Å²) in [4.78, 5) is 27.6. The summed E-state index contributed by atoms with van der Waals surface area (Å²) in [6.07, 6.45) is 7.89. The zero-order chi connectivity index (χ0) is 18.8. The number of carbonyl (C=O) groups is 2. The smallest absolute Gasteiger partial charge is 0.244 e. The number of aryl methyl sites for hydroxylation is 1. The fourth-order valence-corrected chi connectivity index (χ4v) is 5.52. The van der Waals surface area contributed by atoms with Gasteiger partial charge in [-0.25, -0.2) is 0 Å². The van der Waals surface area contributed by atoms with Crippen LogP contribution in [0.25, 0.3) is 10.9 Å². The molecule has 27 heavy (non-hydrogen) atoms. The number of benzene rings is 1. The summed E-state index contributed by atoms with van der Waals surface area (Å²) in [6, 6.07) is 6.89. The van der Waals surface area contributed by atoms with E-state index in [4.69, 9.17) is 0 Å². The molecule has 2 fully saturated rings. The van der Waals surface area contributed by atoms with Crippen molar-refractivity contribution >= 4 is 22.6 Å². The second-order valence-corrected chi connectivity index (χ2v) is 9.01. The lowest BCUT2D eigenvalue weighted by Crippen LogP contribution is -2.40. The van der Waals surface area contributed by atoms with Gasteiger partial charge in [-0.1, -0.05) is 38.0 Å². The van der Waals surface area contributed by atoms with Crippen molar-refractivity contribution in [2.45, 2.75) is 77.4 Å². The largest absolute Gasteiger partial charge is 0.335 e. The van der Waals surface area contributed by atoms with Crippen molar-refractivity contribution in [1.29, 1.82) is 0 Å². The van der Waals surface area contributed by atoms with E-state index in [0.29, 0.717) is 23.2 Å². The van der Waals surface area contributed by atoms with Crippen LogP contribution in [-0.2, 0) is 17.8 Å². The van der Waals surface area contributed by atoms with Crippen LogP contribution in [0.15, 0.2) is 18.2 Å². The Morgan fingerprint density at radius 1 is 1.22 bits per heavy atom. The SMILES string of the molecule is CC(=O)c1nn2c3c(cccc13)CCCCC[C@H]1C[C@]3(C)C[C@@H]3N1C(=O)C2. The number of Topliss-reactive ketones (excluding diaryl/α,β-unsaturated/α-hetero) is 1. The Labute approximate surface area is 159 Å². The molecule has 1 aromatic heterocycles. The lowest BCUT2D eigenvalue weighted by Gasteiger charge is -2.28. The molecular formula is C22H27N3O2. The number of rotatable bonds is 1. The maximum atomic E-state index is 13.3. The Bertz CT molecular complexity index is 946. The predicted molar refractivity (Wildman–Crippen MR) is 104 cm³/mol. The average Bonchev–Trinajstić information content (AvgIpc) is 2.99. The fourth-order valence-electron chi connectivity index (χ4n) is 5.52. The van der Waals surface area contributed by atoms with E-state index in [1.807, 2.05) is 12.1 Å². The molecule has 0 N–H and O–H groups in total. The molecule has 2 aliphatic heterocycles. The molecule has 142 valence electrons. The number of para-hydroxylation sites is 1. The van der Waals surface area contributed by atoms with Gasteiger partial charge in [-0.05, 0) is 43.1 Å². The lowest BCUT2D eigenvalue weighted by molar-refractivity contribution is -0.134. The summed E-state index contributed by atoms with van der Waals surface area (Å²) in [5, 5.41) is 5.48. The number of amides is 1. The van der Waals surface area contributed by atoms with Crippen LogP contribution in [0.4, 0.5) is 0 Å². The first kappa shape index (κ1) is 17.0. The highest BCUT2D eigenvalue weighted by atomic mass is 16.2. The van der Waals surface area contributed by atoms with Crippen LogP contribution in [0.2, 0.25) is 0 Å². The number of aromatic nitrogens is 2. The van der Waals surface area contributed by atoms with Crippen molar-refractivity contribution in [2.75, 3.05) is 0 Å². The van der Waals surface area contributed by atoms with E-state index < -0.39 is 0 Å². The molecule has 1 saturated carbocycles. The van der Waals surface area contributed by atoms with Gasteiger partial charge in [0.1, 0.15) is 12.2 Å². The third-order valence-corrected chi connectivity index (χ3v) is 6.98. The zero-order valence-corrected chi connectivity index (χ0v) is 16.2. The van der Waals surface area contributed by atoms with Crippen LogP contribution < -0.4 is 0 Å². The molecule has 5 heteroatoms. The molecule has 1 aliphatic carbocycles. The second-order valence-electron chi connectivity index (χ2n) is 9.01. The minimum Gasteiger partial charge on any atom is -0.335 e. The summed E-state index contributed by atoms with van der Waals surface area (Å²) in [5.74, 6) is 0.127. The minimum atomic E-state index is -0.0403. The molecule has 0 bridgehead atoms. The van der Waals surface area contributed by atoms with Gasteiger partial charge >= 0.3 is 0 Å². The first-order valence-electron chi connectivity index (χ1n) is 10.3. The number of hydrogen-bond acceptors (Lipinski definition) is 3. The van der Waals surface area contributed by atoms with Gasteiger partial charge in [0.15, 0.2) is 5.78 Å². The highest BCUT2D eigenvalue weighted by molar-refractivity contribution is 6.05. The Balaban J connectivity index is 1.60. The molecule has 1 aromatic carbocycles. The monoisotopic (exact) mass is 365 g/mol. The van der Waals surface area contributed by atoms with E-state index in [0.717, 1.165) is 43.0 Å². The second kappa shape index (κ2) is 5.91. The van der Waals surface area contributed by atoms with Crippen molar-refractivity contribution in [3.05, 3.63) is 29.5 Å². The highest BCUT2D eigenvalue weighted by Crippen LogP contribution is 2.59. The predicted octanol–water partition coefficient (Wildman–Crippen LogP) is 3.73. The third-order valence-electron chi connectivity index (χ3n) is 6.98. The molecule has 0 unspecified atom stereocenters. The topological polar surface area (TPSA) is 55.2 Å². The first-order valence-corrected chi connectivity index (χ1v) is 10.3. The maximum absolute atomic E-state index is 13.3. The van der Waals surface area contributed by atoms with E-state index in [2.05, 4.69) is 23.0 Å². The van der Waals surface area contributed by atoms with Crippen molar-refractivity contribution in [1.82, 2.24) is 14.7 Å². The summed E-state index contributed by atoms with van der Waals surface area (Å²) in [6.45, 7) is 4.12. The van der Waals surface area contributed by atoms with Crippen molar-refractivity contribution < 1.29 is 9.59 Å². The normalized spacial score (nSPS) is 30.4. The van der Waals surface area contributed by atoms with Gasteiger partial charge in [-0.3, -0.25) is 14.3 Å². The van der Waals surface area contributed by atoms with Gasteiger partial charge in [0, 0.05) is 24.4 Å². The molecule has 5 nitrogen and oxygen atoms in total. The van der Waals surface area contributed by atoms with Crippen molar-refractivity contribution in [3.63, 3.8) is 0 Å². The van der Waals surface area contributed by atoms with Gasteiger partial charge in [-0.15, -0.1) is 0 Å². The van der Waals surface area contributed by atoms with Crippen LogP contribution in [-0.4, -0.2) is 38.5 Å². The molecule has 3 atom stereocenters. The molecule has 1 saturated heterocycles. The van der Waals surface area contributed by atoms with Crippen LogP contribution in [0.5, 0.6) is 0 Å². The standard InChI is InChI=1S/C22H27N3O2/c1-14(26)20-17-10-6-8-15-7-4-3-5-9-16-11-22(2)12-18(22)25(16)19(27)13-24(23-20)21(15)17/h6,8,10,16,18H,3-5,7,9,11-13H2,1-2H3/t16-,18-,22+/m0/s1. The van der Waals surface area contributed by atoms with Gasteiger partial charge in [0.25, 0.3) is 0 Å². The van der Waals surface area contributed by atoms with Crippen LogP contribution in [0.3, 0.4) is 0 Å². The van der Waals surface area contributed by atoms with Crippen LogP contribution >= 0.6 is 0 Å². The van der Waals surface area contributed by atoms with E-state index in [1.54, 1.807) is 11.6 Å². The Hall–Kier alpha value is -2.17. The van der Waals surface area contributed by atoms with Gasteiger partial charge in [0.2, 0.25) is 5.91 Å². The Kier molecular flexibility index (Phi) is 3.72. The minimum absolute atomic E-state index is 0.0403. The Morgan fingerprint density at radius 2 is 2.07 bits per heavy atom. The first-order chi connectivity index (χ1) is 13.0. The molecule has 3 aliphatic rings. The fraction of sp³-hybridized carbons (Fsp3) is 0.591.